The minimum Gasteiger partial charge on any atom is -0.445 e. The van der Waals surface area contributed by atoms with Gasteiger partial charge in [0.15, 0.2) is 0 Å². The van der Waals surface area contributed by atoms with Crippen LogP contribution < -0.4 is 5.32 Å². The van der Waals surface area contributed by atoms with E-state index in [-0.39, 0.29) is 11.5 Å². The van der Waals surface area contributed by atoms with Gasteiger partial charge in [-0.05, 0) is 16.7 Å². The van der Waals surface area contributed by atoms with Gasteiger partial charge in [-0.25, -0.2) is 4.79 Å². The van der Waals surface area contributed by atoms with Crippen molar-refractivity contribution in [3.63, 3.8) is 0 Å². The van der Waals surface area contributed by atoms with Crippen LogP contribution in [-0.2, 0) is 11.3 Å². The van der Waals surface area contributed by atoms with E-state index in [1.165, 1.54) is 0 Å². The van der Waals surface area contributed by atoms with Crippen molar-refractivity contribution < 1.29 is 20.5 Å². The molecule has 0 saturated carbocycles. The van der Waals surface area contributed by atoms with Gasteiger partial charge >= 0.3 is 6.09 Å². The topological polar surface area (TPSA) is 41.6 Å². The van der Waals surface area contributed by atoms with E-state index in [0.29, 0.717) is 5.56 Å². The second-order valence-electron chi connectivity index (χ2n) is 3.72. The van der Waals surface area contributed by atoms with Gasteiger partial charge in [0.1, 0.15) is 6.61 Å². The number of hydrogen-bond donors (Lipinski definition) is 1. The molecule has 3 rings (SSSR count). The summed E-state index contributed by atoms with van der Waals surface area (Å²) in [4.78, 5) is 12.4. The number of nitrogens with zero attached hydrogens (tertiary/aromatic N) is 1. The van der Waals surface area contributed by atoms with Crippen LogP contribution in [0, 0.1) is 0 Å². The molecule has 0 bridgehead atoms. The Hall–Kier alpha value is -1.81. The van der Waals surface area contributed by atoms with Crippen molar-refractivity contribution in [2.75, 3.05) is 26.0 Å². The number of ether oxygens (including phenoxy) is 1. The molecule has 0 spiro atoms. The van der Waals surface area contributed by atoms with Crippen molar-refractivity contribution >= 4 is 6.09 Å². The fraction of sp³-hybridized carbons (Fsp3) is 0.357. The molecule has 2 aliphatic rings. The largest absolute Gasteiger partial charge is 0.445 e. The van der Waals surface area contributed by atoms with Crippen molar-refractivity contribution in [1.29, 1.82) is 0 Å². The molecule has 2 saturated heterocycles. The first-order valence-corrected chi connectivity index (χ1v) is 5.38. The molecule has 0 unspecified atom stereocenters. The minimum absolute atomic E-state index is 0.183. The highest BCUT2D eigenvalue weighted by atomic mass is 16.6. The Labute approximate surface area is 117 Å². The van der Waals surface area contributed by atoms with Crippen molar-refractivity contribution in [1.82, 2.24) is 10.2 Å². The van der Waals surface area contributed by atoms with Gasteiger partial charge in [0.05, 0.1) is 5.48 Å². The van der Waals surface area contributed by atoms with Gasteiger partial charge in [0.2, 0.25) is 0 Å². The van der Waals surface area contributed by atoms with Crippen LogP contribution >= 0.6 is 0 Å². The van der Waals surface area contributed by atoms with Crippen LogP contribution in [0.1, 0.15) is 16.5 Å². The maximum absolute atomic E-state index is 12.2. The molecule has 94 valence electrons. The van der Waals surface area contributed by atoms with E-state index in [0.717, 1.165) is 0 Å². The summed E-state index contributed by atoms with van der Waals surface area (Å²) in [5, 5.41) is 1.96. The summed E-state index contributed by atoms with van der Waals surface area (Å²) >= 11 is 0. The Bertz CT molecular complexity index is 744. The third kappa shape index (κ3) is 2.24. The molecule has 2 fully saturated rings. The van der Waals surface area contributed by atoms with E-state index < -0.39 is 43.2 Å². The lowest BCUT2D eigenvalue weighted by Crippen LogP contribution is -2.48. The van der Waals surface area contributed by atoms with Gasteiger partial charge in [0, 0.05) is 31.5 Å². The summed E-state index contributed by atoms with van der Waals surface area (Å²) in [6.07, 6.45) is -1.25. The Morgan fingerprint density at radius 3 is 2.67 bits per heavy atom. The van der Waals surface area contributed by atoms with Crippen LogP contribution in [0.4, 0.5) is 4.79 Å². The van der Waals surface area contributed by atoms with Gasteiger partial charge < -0.3 is 15.0 Å². The van der Waals surface area contributed by atoms with E-state index in [4.69, 9.17) is 15.7 Å². The van der Waals surface area contributed by atoms with Gasteiger partial charge in [-0.3, -0.25) is 0 Å². The van der Waals surface area contributed by atoms with Gasteiger partial charge in [0.25, 0.3) is 0 Å². The van der Waals surface area contributed by atoms with E-state index in [9.17, 15) is 4.79 Å². The third-order valence-corrected chi connectivity index (χ3v) is 2.46. The first-order valence-electron chi connectivity index (χ1n) is 9.38. The summed E-state index contributed by atoms with van der Waals surface area (Å²) in [7, 11) is 0. The number of likely N-dealkylation sites (tertiary alicyclic amines) is 1. The number of amides is 1. The summed E-state index contributed by atoms with van der Waals surface area (Å²) in [5.41, 5.74) is -0.778. The number of carbonyl (C=O) groups is 1. The average Bonchev–Trinajstić information content (AvgIpc) is 2.49. The molecule has 0 aliphatic carbocycles. The number of benzene rings is 1. The van der Waals surface area contributed by atoms with Crippen molar-refractivity contribution in [2.24, 2.45) is 0 Å². The highest BCUT2D eigenvalue weighted by Gasteiger charge is 2.30. The van der Waals surface area contributed by atoms with Crippen molar-refractivity contribution in [3.05, 3.63) is 47.0 Å². The SMILES string of the molecule is [2H]C1([2H])NC([2H])([2H])C1=C1C([2H])([2H])N(C(=O)OCc2ccccc2)C1([2H])[2H]. The quantitative estimate of drug-likeness (QED) is 0.812. The molecule has 0 atom stereocenters. The molecule has 0 aromatic heterocycles. The van der Waals surface area contributed by atoms with Crippen LogP contribution in [0.25, 0.3) is 0 Å². The second-order valence-corrected chi connectivity index (χ2v) is 3.72. The molecule has 2 aliphatic heterocycles. The molecule has 0 radical (unpaired) electrons. The van der Waals surface area contributed by atoms with E-state index in [2.05, 4.69) is 0 Å². The van der Waals surface area contributed by atoms with Crippen LogP contribution in [0.3, 0.4) is 0 Å². The Morgan fingerprint density at radius 1 is 1.28 bits per heavy atom. The molecule has 4 heteroatoms. The predicted octanol–water partition coefficient (Wildman–Crippen LogP) is 1.54. The Kier molecular flexibility index (Phi) is 1.46. The lowest BCUT2D eigenvalue weighted by molar-refractivity contribution is 0.0897. The van der Waals surface area contributed by atoms with Crippen LogP contribution in [0.15, 0.2) is 41.5 Å². The summed E-state index contributed by atoms with van der Waals surface area (Å²) in [6, 6.07) is 8.58. The summed E-state index contributed by atoms with van der Waals surface area (Å²) in [5.74, 6) is 0. The molecular weight excluding hydrogens is 228 g/mol. The smallest absolute Gasteiger partial charge is 0.410 e. The standard InChI is InChI=1S/C14H16N2O2/c17-14(18-10-11-4-2-1-3-5-11)16-8-13(9-16)12-6-15-7-12/h1-5,15H,6-10H2/i6D2,7D2,8D2,9D2. The van der Waals surface area contributed by atoms with Gasteiger partial charge in [-0.2, -0.15) is 0 Å². The lowest BCUT2D eigenvalue weighted by Gasteiger charge is -2.37. The van der Waals surface area contributed by atoms with E-state index >= 15 is 0 Å². The van der Waals surface area contributed by atoms with Crippen molar-refractivity contribution in [2.45, 2.75) is 6.61 Å². The molecule has 4 nitrogen and oxygen atoms in total. The first-order chi connectivity index (χ1) is 11.8. The minimum atomic E-state index is -2.71. The van der Waals surface area contributed by atoms with E-state index in [1.54, 1.807) is 30.3 Å². The van der Waals surface area contributed by atoms with Crippen LogP contribution in [0.5, 0.6) is 0 Å². The fourth-order valence-electron chi connectivity index (χ4n) is 1.46. The third-order valence-electron chi connectivity index (χ3n) is 2.46. The highest BCUT2D eigenvalue weighted by Crippen LogP contribution is 2.21. The Morgan fingerprint density at radius 2 is 2.00 bits per heavy atom. The average molecular weight is 252 g/mol. The maximum atomic E-state index is 12.2. The van der Waals surface area contributed by atoms with Crippen LogP contribution in [-0.4, -0.2) is 37.0 Å². The molecule has 2 heterocycles. The molecule has 1 amide bonds. The van der Waals surface area contributed by atoms with Crippen molar-refractivity contribution in [3.8, 4) is 0 Å². The predicted molar refractivity (Wildman–Crippen MR) is 68.1 cm³/mol. The normalized spacial score (nSPS) is 35.9. The fourth-order valence-corrected chi connectivity index (χ4v) is 1.46. The highest BCUT2D eigenvalue weighted by molar-refractivity contribution is 5.70. The molecule has 18 heavy (non-hydrogen) atoms. The number of rotatable bonds is 2. The summed E-state index contributed by atoms with van der Waals surface area (Å²) in [6.45, 7) is -10.4. The number of carbonyl (C=O) groups excluding carboxylic acids is 1. The van der Waals surface area contributed by atoms with E-state index in [1.807, 2.05) is 5.32 Å². The van der Waals surface area contributed by atoms with Crippen LogP contribution in [0.2, 0.25) is 0 Å². The molecule has 1 aromatic carbocycles. The lowest BCUT2D eigenvalue weighted by atomic mass is 9.97. The number of hydrogen-bond acceptors (Lipinski definition) is 3. The molecular formula is C14H16N2O2. The maximum Gasteiger partial charge on any atom is 0.410 e. The molecule has 1 aromatic rings. The Balaban J connectivity index is 1.86. The zero-order valence-corrected chi connectivity index (χ0v) is 9.36. The second kappa shape index (κ2) is 4.82. The van der Waals surface area contributed by atoms with Gasteiger partial charge in [-0.1, -0.05) is 30.3 Å². The zero-order valence-electron chi connectivity index (χ0n) is 17.4. The number of nitrogens with one attached hydrogen (secondary N) is 1. The first kappa shape index (κ1) is 5.45. The summed E-state index contributed by atoms with van der Waals surface area (Å²) < 4.78 is 67.6. The molecule has 1 N–H and O–H groups in total. The monoisotopic (exact) mass is 252 g/mol. The van der Waals surface area contributed by atoms with Gasteiger partial charge in [-0.15, -0.1) is 0 Å². The zero-order chi connectivity index (χ0) is 19.5.